The van der Waals surface area contributed by atoms with Gasteiger partial charge in [0, 0.05) is 31.2 Å². The summed E-state index contributed by atoms with van der Waals surface area (Å²) in [6, 6.07) is 4.50. The number of fused-ring (bicyclic) bond motifs is 1. The lowest BCUT2D eigenvalue weighted by molar-refractivity contribution is 0.0741. The Kier molecular flexibility index (Phi) is 5.46. The molecule has 26 heavy (non-hydrogen) atoms. The van der Waals surface area contributed by atoms with Crippen LogP contribution in [0.5, 0.6) is 0 Å². The van der Waals surface area contributed by atoms with Crippen molar-refractivity contribution in [1.82, 2.24) is 29.4 Å². The van der Waals surface area contributed by atoms with Crippen LogP contribution in [0, 0.1) is 6.92 Å². The van der Waals surface area contributed by atoms with Gasteiger partial charge in [0.15, 0.2) is 5.69 Å². The Morgan fingerprint density at radius 2 is 2.04 bits per heavy atom. The number of nitrogens with zero attached hydrogens (tertiary/aromatic N) is 6. The minimum Gasteiger partial charge on any atom is -0.332 e. The molecule has 1 aliphatic heterocycles. The van der Waals surface area contributed by atoms with Crippen molar-refractivity contribution in [3.8, 4) is 0 Å². The number of amides is 1. The van der Waals surface area contributed by atoms with Gasteiger partial charge in [0.2, 0.25) is 0 Å². The SMILES string of the molecule is CCCn1nc(C)cc1CN(CC)C(=O)c1cc2n(n1)C[C@@H](N(C)C)C2. The molecule has 1 atom stereocenters. The Balaban J connectivity index is 1.74. The molecule has 7 nitrogen and oxygen atoms in total. The molecule has 0 bridgehead atoms. The van der Waals surface area contributed by atoms with Gasteiger partial charge in [-0.1, -0.05) is 6.92 Å². The summed E-state index contributed by atoms with van der Waals surface area (Å²) in [5.74, 6) is -0.00213. The quantitative estimate of drug-likeness (QED) is 0.759. The highest BCUT2D eigenvalue weighted by Gasteiger charge is 2.28. The van der Waals surface area contributed by atoms with E-state index in [-0.39, 0.29) is 5.91 Å². The summed E-state index contributed by atoms with van der Waals surface area (Å²) in [5.41, 5.74) is 3.78. The Bertz CT molecular complexity index is 752. The minimum absolute atomic E-state index is 0.00213. The molecule has 0 saturated carbocycles. The third kappa shape index (κ3) is 3.67. The molecule has 0 spiro atoms. The molecule has 2 aromatic heterocycles. The molecule has 0 fully saturated rings. The number of carbonyl (C=O) groups is 1. The van der Waals surface area contributed by atoms with Crippen molar-refractivity contribution in [1.29, 1.82) is 0 Å². The molecule has 0 unspecified atom stereocenters. The Hall–Kier alpha value is -2.15. The number of hydrogen-bond acceptors (Lipinski definition) is 4. The van der Waals surface area contributed by atoms with Crippen molar-refractivity contribution in [3.05, 3.63) is 34.9 Å². The van der Waals surface area contributed by atoms with E-state index in [1.807, 2.05) is 34.2 Å². The molecule has 3 heterocycles. The van der Waals surface area contributed by atoms with Crippen LogP contribution in [0.15, 0.2) is 12.1 Å². The molecule has 1 amide bonds. The third-order valence-electron chi connectivity index (χ3n) is 5.08. The highest BCUT2D eigenvalue weighted by molar-refractivity contribution is 5.92. The highest BCUT2D eigenvalue weighted by Crippen LogP contribution is 2.20. The number of hydrogen-bond donors (Lipinski definition) is 0. The van der Waals surface area contributed by atoms with Gasteiger partial charge in [-0.25, -0.2) is 0 Å². The Morgan fingerprint density at radius 3 is 2.65 bits per heavy atom. The zero-order valence-electron chi connectivity index (χ0n) is 16.6. The van der Waals surface area contributed by atoms with Gasteiger partial charge in [0.05, 0.1) is 24.5 Å². The van der Waals surface area contributed by atoms with Crippen LogP contribution in [0.2, 0.25) is 0 Å². The van der Waals surface area contributed by atoms with Gasteiger partial charge in [-0.05, 0) is 46.5 Å². The zero-order valence-corrected chi connectivity index (χ0v) is 16.6. The molecule has 0 N–H and O–H groups in total. The zero-order chi connectivity index (χ0) is 18.8. The van der Waals surface area contributed by atoms with E-state index in [2.05, 4.69) is 42.2 Å². The van der Waals surface area contributed by atoms with Crippen LogP contribution in [-0.2, 0) is 26.1 Å². The summed E-state index contributed by atoms with van der Waals surface area (Å²) < 4.78 is 4.00. The van der Waals surface area contributed by atoms with Crippen molar-refractivity contribution in [2.45, 2.75) is 59.3 Å². The molecule has 3 rings (SSSR count). The summed E-state index contributed by atoms with van der Waals surface area (Å²) in [6.07, 6.45) is 1.97. The molecule has 142 valence electrons. The summed E-state index contributed by atoms with van der Waals surface area (Å²) >= 11 is 0. The molecule has 0 aromatic carbocycles. The molecule has 1 aliphatic rings. The standard InChI is InChI=1S/C19H30N6O/c1-6-8-24-17(9-14(3)20-24)12-23(7-2)19(26)18-11-15-10-16(22(4)5)13-25(15)21-18/h9,11,16H,6-8,10,12-13H2,1-5H3/t16-/m0/s1. The van der Waals surface area contributed by atoms with Crippen LogP contribution in [0.25, 0.3) is 0 Å². The molecular formula is C19H30N6O. The smallest absolute Gasteiger partial charge is 0.274 e. The second-order valence-electron chi connectivity index (χ2n) is 7.34. The first-order chi connectivity index (χ1) is 12.4. The van der Waals surface area contributed by atoms with Gasteiger partial charge in [-0.3, -0.25) is 14.2 Å². The van der Waals surface area contributed by atoms with Crippen molar-refractivity contribution < 1.29 is 4.79 Å². The van der Waals surface area contributed by atoms with Gasteiger partial charge in [0.1, 0.15) is 0 Å². The lowest BCUT2D eigenvalue weighted by atomic mass is 10.2. The summed E-state index contributed by atoms with van der Waals surface area (Å²) in [6.45, 7) is 9.09. The molecule has 0 saturated heterocycles. The fraction of sp³-hybridized carbons (Fsp3) is 0.632. The van der Waals surface area contributed by atoms with Crippen molar-refractivity contribution in [3.63, 3.8) is 0 Å². The second kappa shape index (κ2) is 7.61. The van der Waals surface area contributed by atoms with E-state index in [1.54, 1.807) is 0 Å². The monoisotopic (exact) mass is 358 g/mol. The molecular weight excluding hydrogens is 328 g/mol. The molecule has 0 aliphatic carbocycles. The minimum atomic E-state index is -0.00213. The van der Waals surface area contributed by atoms with E-state index < -0.39 is 0 Å². The average molecular weight is 358 g/mol. The molecule has 2 aromatic rings. The van der Waals surface area contributed by atoms with Crippen LogP contribution in [0.1, 0.15) is 47.8 Å². The predicted molar refractivity (Wildman–Crippen MR) is 101 cm³/mol. The Labute approximate surface area is 155 Å². The fourth-order valence-corrected chi connectivity index (χ4v) is 3.55. The van der Waals surface area contributed by atoms with Gasteiger partial charge >= 0.3 is 0 Å². The van der Waals surface area contributed by atoms with Gasteiger partial charge in [-0.2, -0.15) is 10.2 Å². The van der Waals surface area contributed by atoms with E-state index >= 15 is 0 Å². The van der Waals surface area contributed by atoms with E-state index in [0.29, 0.717) is 24.8 Å². The maximum Gasteiger partial charge on any atom is 0.274 e. The van der Waals surface area contributed by atoms with Crippen LogP contribution in [-0.4, -0.2) is 61.9 Å². The lowest BCUT2D eigenvalue weighted by Crippen LogP contribution is -2.32. The Morgan fingerprint density at radius 1 is 1.27 bits per heavy atom. The van der Waals surface area contributed by atoms with Crippen LogP contribution in [0.3, 0.4) is 0 Å². The van der Waals surface area contributed by atoms with Crippen LogP contribution >= 0.6 is 0 Å². The number of aryl methyl sites for hydroxylation is 2. The van der Waals surface area contributed by atoms with E-state index in [0.717, 1.165) is 43.0 Å². The number of likely N-dealkylation sites (N-methyl/N-ethyl adjacent to an activating group) is 1. The fourth-order valence-electron chi connectivity index (χ4n) is 3.55. The third-order valence-corrected chi connectivity index (χ3v) is 5.08. The lowest BCUT2D eigenvalue weighted by Gasteiger charge is -2.21. The van der Waals surface area contributed by atoms with Gasteiger partial charge in [-0.15, -0.1) is 0 Å². The maximum atomic E-state index is 13.0. The maximum absolute atomic E-state index is 13.0. The normalized spacial score (nSPS) is 16.3. The topological polar surface area (TPSA) is 59.2 Å². The first-order valence-corrected chi connectivity index (χ1v) is 9.48. The number of aromatic nitrogens is 4. The van der Waals surface area contributed by atoms with Gasteiger partial charge in [0.25, 0.3) is 5.91 Å². The number of rotatable bonds is 7. The molecule has 0 radical (unpaired) electrons. The first-order valence-electron chi connectivity index (χ1n) is 9.48. The van der Waals surface area contributed by atoms with E-state index in [9.17, 15) is 4.79 Å². The van der Waals surface area contributed by atoms with Gasteiger partial charge < -0.3 is 9.80 Å². The van der Waals surface area contributed by atoms with Crippen LogP contribution < -0.4 is 0 Å². The predicted octanol–water partition coefficient (Wildman–Crippen LogP) is 1.95. The second-order valence-corrected chi connectivity index (χ2v) is 7.34. The summed E-state index contributed by atoms with van der Waals surface area (Å²) in [7, 11) is 4.17. The highest BCUT2D eigenvalue weighted by atomic mass is 16.2. The first kappa shape index (κ1) is 18.6. The van der Waals surface area contributed by atoms with Crippen molar-refractivity contribution in [2.75, 3.05) is 20.6 Å². The van der Waals surface area contributed by atoms with Crippen LogP contribution in [0.4, 0.5) is 0 Å². The van der Waals surface area contributed by atoms with Crippen molar-refractivity contribution in [2.24, 2.45) is 0 Å². The summed E-state index contributed by atoms with van der Waals surface area (Å²) in [5, 5.41) is 9.11. The average Bonchev–Trinajstić information content (AvgIpc) is 3.25. The van der Waals surface area contributed by atoms with E-state index in [1.165, 1.54) is 0 Å². The number of carbonyl (C=O) groups excluding carboxylic acids is 1. The van der Waals surface area contributed by atoms with E-state index in [4.69, 9.17) is 0 Å². The summed E-state index contributed by atoms with van der Waals surface area (Å²) in [4.78, 5) is 17.1. The molecule has 7 heteroatoms. The van der Waals surface area contributed by atoms with Crippen molar-refractivity contribution >= 4 is 5.91 Å². The largest absolute Gasteiger partial charge is 0.332 e.